The van der Waals surface area contributed by atoms with Gasteiger partial charge in [0.25, 0.3) is 0 Å². The molecule has 2 atom stereocenters. The standard InChI is InChI=1S/C16H14Br2O3/c1-20-10-3-4-11-14(19)8-15(21-16(11)7-10)9-2-5-12(17)13(18)6-9/h2-7,14-15,19H,8H2,1H3. The van der Waals surface area contributed by atoms with Crippen LogP contribution in [0.2, 0.25) is 0 Å². The molecule has 0 aromatic heterocycles. The molecule has 3 rings (SSSR count). The largest absolute Gasteiger partial charge is 0.497 e. The van der Waals surface area contributed by atoms with Gasteiger partial charge in [0.05, 0.1) is 13.2 Å². The summed E-state index contributed by atoms with van der Waals surface area (Å²) in [7, 11) is 1.62. The molecule has 0 saturated heterocycles. The van der Waals surface area contributed by atoms with Crippen molar-refractivity contribution in [3.8, 4) is 11.5 Å². The summed E-state index contributed by atoms with van der Waals surface area (Å²) in [6, 6.07) is 11.5. The second-order valence-corrected chi connectivity index (χ2v) is 6.64. The fourth-order valence-electron chi connectivity index (χ4n) is 2.47. The summed E-state index contributed by atoms with van der Waals surface area (Å²) in [5.41, 5.74) is 1.83. The first kappa shape index (κ1) is 14.9. The van der Waals surface area contributed by atoms with Crippen LogP contribution in [0.1, 0.15) is 29.8 Å². The van der Waals surface area contributed by atoms with Gasteiger partial charge in [0, 0.05) is 27.0 Å². The smallest absolute Gasteiger partial charge is 0.129 e. The Morgan fingerprint density at radius 2 is 1.95 bits per heavy atom. The molecule has 1 N–H and O–H groups in total. The number of methoxy groups -OCH3 is 1. The molecule has 0 radical (unpaired) electrons. The number of benzene rings is 2. The molecule has 110 valence electrons. The van der Waals surface area contributed by atoms with E-state index in [1.807, 2.05) is 36.4 Å². The molecule has 0 saturated carbocycles. The maximum Gasteiger partial charge on any atom is 0.129 e. The molecule has 0 fully saturated rings. The molecule has 21 heavy (non-hydrogen) atoms. The van der Waals surface area contributed by atoms with Crippen LogP contribution in [0.4, 0.5) is 0 Å². The fourth-order valence-corrected chi connectivity index (χ4v) is 3.11. The summed E-state index contributed by atoms with van der Waals surface area (Å²) < 4.78 is 13.2. The summed E-state index contributed by atoms with van der Waals surface area (Å²) in [6.45, 7) is 0. The van der Waals surface area contributed by atoms with E-state index in [4.69, 9.17) is 9.47 Å². The highest BCUT2D eigenvalue weighted by Gasteiger charge is 2.28. The molecule has 2 aromatic rings. The number of hydrogen-bond acceptors (Lipinski definition) is 3. The van der Waals surface area contributed by atoms with Gasteiger partial charge in [-0.3, -0.25) is 0 Å². The monoisotopic (exact) mass is 412 g/mol. The quantitative estimate of drug-likeness (QED) is 0.769. The van der Waals surface area contributed by atoms with E-state index < -0.39 is 6.10 Å². The van der Waals surface area contributed by atoms with Crippen LogP contribution in [0, 0.1) is 0 Å². The molecule has 0 amide bonds. The van der Waals surface area contributed by atoms with Crippen molar-refractivity contribution in [1.29, 1.82) is 0 Å². The molecule has 0 spiro atoms. The SMILES string of the molecule is COc1ccc2c(c1)OC(c1ccc(Br)c(Br)c1)CC2O. The lowest BCUT2D eigenvalue weighted by Crippen LogP contribution is -2.19. The Bertz CT molecular complexity index is 673. The second-order valence-electron chi connectivity index (χ2n) is 4.94. The van der Waals surface area contributed by atoms with Crippen molar-refractivity contribution in [2.75, 3.05) is 7.11 Å². The van der Waals surface area contributed by atoms with Gasteiger partial charge in [0.1, 0.15) is 17.6 Å². The van der Waals surface area contributed by atoms with Gasteiger partial charge in [-0.2, -0.15) is 0 Å². The third-order valence-electron chi connectivity index (χ3n) is 3.60. The predicted octanol–water partition coefficient (Wildman–Crippen LogP) is 4.78. The van der Waals surface area contributed by atoms with Crippen molar-refractivity contribution in [3.05, 3.63) is 56.5 Å². The summed E-state index contributed by atoms with van der Waals surface area (Å²) in [5.74, 6) is 1.40. The molecular weight excluding hydrogens is 400 g/mol. The van der Waals surface area contributed by atoms with Gasteiger partial charge in [-0.15, -0.1) is 0 Å². The fraction of sp³-hybridized carbons (Fsp3) is 0.250. The first-order chi connectivity index (χ1) is 10.1. The number of aliphatic hydroxyl groups excluding tert-OH is 1. The topological polar surface area (TPSA) is 38.7 Å². The Morgan fingerprint density at radius 1 is 1.14 bits per heavy atom. The molecule has 2 unspecified atom stereocenters. The third kappa shape index (κ3) is 2.96. The van der Waals surface area contributed by atoms with Crippen molar-refractivity contribution in [3.63, 3.8) is 0 Å². The molecule has 0 bridgehead atoms. The first-order valence-corrected chi connectivity index (χ1v) is 8.14. The van der Waals surface area contributed by atoms with E-state index >= 15 is 0 Å². The van der Waals surface area contributed by atoms with Crippen LogP contribution < -0.4 is 9.47 Å². The Labute approximate surface area is 140 Å². The Morgan fingerprint density at radius 3 is 2.67 bits per heavy atom. The number of halogens is 2. The third-order valence-corrected chi connectivity index (χ3v) is 5.48. The van der Waals surface area contributed by atoms with Gasteiger partial charge < -0.3 is 14.6 Å². The van der Waals surface area contributed by atoms with E-state index in [-0.39, 0.29) is 6.10 Å². The average Bonchev–Trinajstić information content (AvgIpc) is 2.49. The van der Waals surface area contributed by atoms with Crippen LogP contribution in [0.3, 0.4) is 0 Å². The average molecular weight is 414 g/mol. The Kier molecular flexibility index (Phi) is 4.24. The van der Waals surface area contributed by atoms with Crippen LogP contribution in [-0.2, 0) is 0 Å². The number of ether oxygens (including phenoxy) is 2. The van der Waals surface area contributed by atoms with Gasteiger partial charge in [-0.25, -0.2) is 0 Å². The zero-order chi connectivity index (χ0) is 15.0. The number of rotatable bonds is 2. The van der Waals surface area contributed by atoms with E-state index in [0.29, 0.717) is 12.2 Å². The molecule has 3 nitrogen and oxygen atoms in total. The van der Waals surface area contributed by atoms with Crippen LogP contribution in [0.15, 0.2) is 45.3 Å². The van der Waals surface area contributed by atoms with Gasteiger partial charge in [-0.05, 0) is 61.7 Å². The highest BCUT2D eigenvalue weighted by atomic mass is 79.9. The molecule has 0 aliphatic carbocycles. The van der Waals surface area contributed by atoms with Crippen molar-refractivity contribution >= 4 is 31.9 Å². The minimum Gasteiger partial charge on any atom is -0.497 e. The molecule has 1 aliphatic rings. The van der Waals surface area contributed by atoms with E-state index in [1.54, 1.807) is 7.11 Å². The Hall–Kier alpha value is -1.04. The van der Waals surface area contributed by atoms with E-state index in [2.05, 4.69) is 31.9 Å². The highest BCUT2D eigenvalue weighted by molar-refractivity contribution is 9.13. The van der Waals surface area contributed by atoms with E-state index in [1.165, 1.54) is 0 Å². The van der Waals surface area contributed by atoms with Gasteiger partial charge >= 0.3 is 0 Å². The van der Waals surface area contributed by atoms with Gasteiger partial charge in [0.15, 0.2) is 0 Å². The molecule has 1 aliphatic heterocycles. The minimum absolute atomic E-state index is 0.177. The summed E-state index contributed by atoms with van der Waals surface area (Å²) in [4.78, 5) is 0. The first-order valence-electron chi connectivity index (χ1n) is 6.56. The number of aliphatic hydroxyl groups is 1. The van der Waals surface area contributed by atoms with Crippen molar-refractivity contribution < 1.29 is 14.6 Å². The Balaban J connectivity index is 1.94. The lowest BCUT2D eigenvalue weighted by molar-refractivity contribution is 0.0654. The van der Waals surface area contributed by atoms with Crippen LogP contribution in [0.25, 0.3) is 0 Å². The minimum atomic E-state index is -0.535. The maximum absolute atomic E-state index is 10.3. The lowest BCUT2D eigenvalue weighted by atomic mass is 9.95. The molecular formula is C16H14Br2O3. The second kappa shape index (κ2) is 5.99. The summed E-state index contributed by atoms with van der Waals surface area (Å²) >= 11 is 6.95. The van der Waals surface area contributed by atoms with E-state index in [0.717, 1.165) is 25.8 Å². The highest BCUT2D eigenvalue weighted by Crippen LogP contribution is 2.43. The van der Waals surface area contributed by atoms with Crippen molar-refractivity contribution in [2.24, 2.45) is 0 Å². The van der Waals surface area contributed by atoms with Crippen LogP contribution >= 0.6 is 31.9 Å². The van der Waals surface area contributed by atoms with Gasteiger partial charge in [-0.1, -0.05) is 6.07 Å². The maximum atomic E-state index is 10.3. The van der Waals surface area contributed by atoms with Crippen LogP contribution in [-0.4, -0.2) is 12.2 Å². The van der Waals surface area contributed by atoms with Crippen LogP contribution in [0.5, 0.6) is 11.5 Å². The summed E-state index contributed by atoms with van der Waals surface area (Å²) in [5, 5.41) is 10.3. The number of fused-ring (bicyclic) bond motifs is 1. The van der Waals surface area contributed by atoms with Crippen molar-refractivity contribution in [1.82, 2.24) is 0 Å². The zero-order valence-electron chi connectivity index (χ0n) is 11.3. The summed E-state index contributed by atoms with van der Waals surface area (Å²) in [6.07, 6.45) is -0.177. The van der Waals surface area contributed by atoms with Gasteiger partial charge in [0.2, 0.25) is 0 Å². The molecule has 2 aromatic carbocycles. The number of hydrogen-bond donors (Lipinski definition) is 1. The lowest BCUT2D eigenvalue weighted by Gasteiger charge is -2.30. The normalized spacial score (nSPS) is 20.6. The predicted molar refractivity (Wildman–Crippen MR) is 87.8 cm³/mol. The zero-order valence-corrected chi connectivity index (χ0v) is 14.5. The van der Waals surface area contributed by atoms with E-state index in [9.17, 15) is 5.11 Å². The molecule has 1 heterocycles. The van der Waals surface area contributed by atoms with Crippen molar-refractivity contribution in [2.45, 2.75) is 18.6 Å². The molecule has 5 heteroatoms.